The molecule has 0 spiro atoms. The van der Waals surface area contributed by atoms with Crippen LogP contribution in [0.4, 0.5) is 5.13 Å². The van der Waals surface area contributed by atoms with Crippen LogP contribution >= 0.6 is 22.7 Å². The molecule has 2 aliphatic heterocycles. The number of rotatable bonds is 6. The van der Waals surface area contributed by atoms with Crippen molar-refractivity contribution in [1.29, 1.82) is 0 Å². The minimum absolute atomic E-state index is 0.505. The Morgan fingerprint density at radius 2 is 1.76 bits per heavy atom. The van der Waals surface area contributed by atoms with Crippen molar-refractivity contribution < 1.29 is 4.79 Å². The van der Waals surface area contributed by atoms with E-state index in [0.29, 0.717) is 6.42 Å². The number of nitrogens with two attached hydrogens (primary N) is 1. The summed E-state index contributed by atoms with van der Waals surface area (Å²) in [6.45, 7) is 8.17. The maximum absolute atomic E-state index is 9.96. The third kappa shape index (κ3) is 8.40. The highest BCUT2D eigenvalue weighted by atomic mass is 32.1. The van der Waals surface area contributed by atoms with Crippen LogP contribution in [0.5, 0.6) is 0 Å². The van der Waals surface area contributed by atoms with Gasteiger partial charge in [0.05, 0.1) is 10.7 Å². The Labute approximate surface area is 214 Å². The molecule has 2 aromatic rings. The second kappa shape index (κ2) is 14.9. The number of carbonyl (C=O) groups excluding carboxylic acids is 1. The van der Waals surface area contributed by atoms with Crippen LogP contribution in [-0.2, 0) is 24.1 Å². The number of nitrogens with zero attached hydrogens (tertiary/aromatic N) is 4. The topological polar surface area (TPSA) is 75.3 Å². The predicted molar refractivity (Wildman–Crippen MR) is 145 cm³/mol. The lowest BCUT2D eigenvalue weighted by molar-refractivity contribution is -0.107. The number of anilines is 1. The molecule has 1 saturated heterocycles. The molecule has 190 valence electrons. The van der Waals surface area contributed by atoms with E-state index in [9.17, 15) is 4.79 Å². The first-order chi connectivity index (χ1) is 16.7. The summed E-state index contributed by atoms with van der Waals surface area (Å²) in [6, 6.07) is 0. The summed E-state index contributed by atoms with van der Waals surface area (Å²) in [5, 5.41) is 2.33. The Morgan fingerprint density at radius 3 is 2.44 bits per heavy atom. The highest BCUT2D eigenvalue weighted by Gasteiger charge is 2.23. The predicted octanol–water partition coefficient (Wildman–Crippen LogP) is 4.88. The summed E-state index contributed by atoms with van der Waals surface area (Å²) in [4.78, 5) is 26.8. The van der Waals surface area contributed by atoms with Crippen molar-refractivity contribution in [2.45, 2.75) is 77.6 Å². The SMILES string of the molecule is C1CCC(CCN2CCc3nc(N4CCCC4)sc3CC2)CC1.CN.Cc1ncc(CC=O)s1. The standard InChI is InChI=1S/C19H31N3S.C6H7NOS.CH5N/c1-2-6-16(7-3-1)8-13-21-14-9-17-18(10-15-21)23-19(20-17)22-11-4-5-12-22;1-5-7-4-6(9-5)2-3-8;1-2/h16H,1-15H2;3-4H,2H2,1H3;2H2,1H3. The van der Waals surface area contributed by atoms with Gasteiger partial charge in [-0.1, -0.05) is 32.1 Å². The van der Waals surface area contributed by atoms with Crippen molar-refractivity contribution in [1.82, 2.24) is 14.9 Å². The van der Waals surface area contributed by atoms with Gasteiger partial charge in [-0.05, 0) is 52.1 Å². The molecule has 2 aromatic heterocycles. The van der Waals surface area contributed by atoms with Gasteiger partial charge in [-0.2, -0.15) is 0 Å². The average molecular weight is 506 g/mol. The third-order valence-corrected chi connectivity index (χ3v) is 9.15. The smallest absolute Gasteiger partial charge is 0.185 e. The fourth-order valence-electron chi connectivity index (χ4n) is 5.09. The summed E-state index contributed by atoms with van der Waals surface area (Å²) < 4.78 is 0. The summed E-state index contributed by atoms with van der Waals surface area (Å²) in [5.74, 6) is 1.01. The van der Waals surface area contributed by atoms with Gasteiger partial charge in [-0.15, -0.1) is 22.7 Å². The van der Waals surface area contributed by atoms with Crippen molar-refractivity contribution in [2.24, 2.45) is 11.7 Å². The molecule has 0 amide bonds. The number of aldehydes is 1. The van der Waals surface area contributed by atoms with Crippen LogP contribution in [0.2, 0.25) is 0 Å². The van der Waals surface area contributed by atoms with Crippen LogP contribution < -0.4 is 10.6 Å². The molecule has 0 radical (unpaired) electrons. The van der Waals surface area contributed by atoms with Gasteiger partial charge in [0.15, 0.2) is 5.13 Å². The molecule has 8 heteroatoms. The monoisotopic (exact) mass is 505 g/mol. The van der Waals surface area contributed by atoms with Crippen molar-refractivity contribution in [3.63, 3.8) is 0 Å². The van der Waals surface area contributed by atoms with E-state index in [4.69, 9.17) is 4.98 Å². The summed E-state index contributed by atoms with van der Waals surface area (Å²) in [6.07, 6.45) is 17.1. The molecule has 0 unspecified atom stereocenters. The lowest BCUT2D eigenvalue weighted by atomic mass is 9.87. The third-order valence-electron chi connectivity index (χ3n) is 7.00. The molecule has 3 aliphatic rings. The molecule has 2 fully saturated rings. The number of carbonyl (C=O) groups is 1. The van der Waals surface area contributed by atoms with Gasteiger partial charge in [0.2, 0.25) is 0 Å². The van der Waals surface area contributed by atoms with E-state index in [2.05, 4.69) is 20.5 Å². The molecule has 0 atom stereocenters. The van der Waals surface area contributed by atoms with E-state index in [1.165, 1.54) is 115 Å². The molecular weight excluding hydrogens is 462 g/mol. The molecule has 0 aromatic carbocycles. The first-order valence-corrected chi connectivity index (χ1v) is 14.7. The summed E-state index contributed by atoms with van der Waals surface area (Å²) >= 11 is 3.55. The highest BCUT2D eigenvalue weighted by Crippen LogP contribution is 2.31. The molecule has 4 heterocycles. The Morgan fingerprint density at radius 1 is 1.03 bits per heavy atom. The van der Waals surface area contributed by atoms with Crippen LogP contribution in [0, 0.1) is 12.8 Å². The lowest BCUT2D eigenvalue weighted by Gasteiger charge is -2.26. The second-order valence-corrected chi connectivity index (χ2v) is 11.8. The zero-order valence-corrected chi connectivity index (χ0v) is 22.8. The number of hydrogen-bond donors (Lipinski definition) is 1. The van der Waals surface area contributed by atoms with Gasteiger partial charge in [-0.3, -0.25) is 0 Å². The Kier molecular flexibility index (Phi) is 11.9. The summed E-state index contributed by atoms with van der Waals surface area (Å²) in [5.41, 5.74) is 5.91. The van der Waals surface area contributed by atoms with Gasteiger partial charge in [0, 0.05) is 55.0 Å². The molecule has 6 nitrogen and oxygen atoms in total. The molecule has 0 bridgehead atoms. The van der Waals surface area contributed by atoms with E-state index < -0.39 is 0 Å². The molecule has 1 aliphatic carbocycles. The number of aryl methyl sites for hydroxylation is 1. The van der Waals surface area contributed by atoms with Gasteiger partial charge in [0.25, 0.3) is 0 Å². The van der Waals surface area contributed by atoms with Crippen molar-refractivity contribution in [3.05, 3.63) is 26.7 Å². The van der Waals surface area contributed by atoms with E-state index in [1.807, 2.05) is 18.3 Å². The largest absolute Gasteiger partial charge is 0.348 e. The number of aromatic nitrogens is 2. The van der Waals surface area contributed by atoms with Crippen molar-refractivity contribution >= 4 is 34.1 Å². The van der Waals surface area contributed by atoms with Crippen LogP contribution in [0.3, 0.4) is 0 Å². The average Bonchev–Trinajstić information content (AvgIpc) is 3.61. The molecule has 5 rings (SSSR count). The van der Waals surface area contributed by atoms with Gasteiger partial charge < -0.3 is 20.3 Å². The maximum Gasteiger partial charge on any atom is 0.185 e. The van der Waals surface area contributed by atoms with Crippen LogP contribution in [-0.4, -0.2) is 60.9 Å². The van der Waals surface area contributed by atoms with Crippen LogP contribution in [0.1, 0.15) is 71.8 Å². The highest BCUT2D eigenvalue weighted by molar-refractivity contribution is 7.15. The van der Waals surface area contributed by atoms with Crippen molar-refractivity contribution in [2.75, 3.05) is 44.7 Å². The van der Waals surface area contributed by atoms with E-state index in [0.717, 1.165) is 22.1 Å². The lowest BCUT2D eigenvalue weighted by Crippen LogP contribution is -2.29. The number of fused-ring (bicyclic) bond motifs is 1. The first kappa shape index (κ1) is 27.2. The zero-order chi connectivity index (χ0) is 24.2. The zero-order valence-electron chi connectivity index (χ0n) is 21.1. The summed E-state index contributed by atoms with van der Waals surface area (Å²) in [7, 11) is 1.50. The maximum atomic E-state index is 9.96. The van der Waals surface area contributed by atoms with Crippen LogP contribution in [0.25, 0.3) is 0 Å². The first-order valence-electron chi connectivity index (χ1n) is 13.1. The quantitative estimate of drug-likeness (QED) is 0.564. The molecule has 2 N–H and O–H groups in total. The normalized spacial score (nSPS) is 18.9. The van der Waals surface area contributed by atoms with Crippen LogP contribution in [0.15, 0.2) is 6.20 Å². The Bertz CT molecular complexity index is 815. The second-order valence-electron chi connectivity index (χ2n) is 9.41. The molecule has 1 saturated carbocycles. The molecular formula is C26H43N5OS2. The van der Waals surface area contributed by atoms with Gasteiger partial charge in [-0.25, -0.2) is 9.97 Å². The van der Waals surface area contributed by atoms with Gasteiger partial charge >= 0.3 is 0 Å². The Balaban J connectivity index is 0.000000248. The molecule has 34 heavy (non-hydrogen) atoms. The van der Waals surface area contributed by atoms with Gasteiger partial charge in [0.1, 0.15) is 6.29 Å². The fourth-order valence-corrected chi connectivity index (χ4v) is 6.97. The van der Waals surface area contributed by atoms with E-state index >= 15 is 0 Å². The number of thiazole rings is 2. The fraction of sp³-hybridized carbons (Fsp3) is 0.731. The minimum atomic E-state index is 0.505. The van der Waals surface area contributed by atoms with E-state index in [-0.39, 0.29) is 0 Å². The van der Waals surface area contributed by atoms with Crippen molar-refractivity contribution in [3.8, 4) is 0 Å². The number of hydrogen-bond acceptors (Lipinski definition) is 8. The van der Waals surface area contributed by atoms with E-state index in [1.54, 1.807) is 22.4 Å². The Hall–Kier alpha value is -1.35. The minimum Gasteiger partial charge on any atom is -0.348 e.